The van der Waals surface area contributed by atoms with E-state index >= 15 is 0 Å². The molecular weight excluding hydrogens is 252 g/mol. The molecule has 0 N–H and O–H groups in total. The third kappa shape index (κ3) is 2.84. The zero-order valence-corrected chi connectivity index (χ0v) is 12.6. The Balaban J connectivity index is 2.13. The average Bonchev–Trinajstić information content (AvgIpc) is 2.79. The Morgan fingerprint density at radius 1 is 1.40 bits per heavy atom. The van der Waals surface area contributed by atoms with Crippen molar-refractivity contribution >= 4 is 17.5 Å². The van der Waals surface area contributed by atoms with Gasteiger partial charge in [0.05, 0.1) is 5.92 Å². The molecule has 1 aliphatic rings. The standard InChI is InChI=1S/C16H22N2O2/c1-11(2)17(4)16(20)13-9-15(19)18(10-13)14-7-5-6-12(3)8-14/h5-8,11,13H,9-10H2,1-4H3. The Bertz CT molecular complexity index is 525. The molecule has 1 fully saturated rings. The number of hydrogen-bond acceptors (Lipinski definition) is 2. The summed E-state index contributed by atoms with van der Waals surface area (Å²) < 4.78 is 0. The number of nitrogens with zero attached hydrogens (tertiary/aromatic N) is 2. The van der Waals surface area contributed by atoms with E-state index in [1.165, 1.54) is 0 Å². The van der Waals surface area contributed by atoms with Gasteiger partial charge in [-0.1, -0.05) is 12.1 Å². The van der Waals surface area contributed by atoms with Crippen molar-refractivity contribution in [2.75, 3.05) is 18.5 Å². The van der Waals surface area contributed by atoms with Crippen molar-refractivity contribution in [1.29, 1.82) is 0 Å². The van der Waals surface area contributed by atoms with Gasteiger partial charge in [-0.2, -0.15) is 0 Å². The van der Waals surface area contributed by atoms with E-state index in [4.69, 9.17) is 0 Å². The molecule has 1 unspecified atom stereocenters. The minimum absolute atomic E-state index is 0.0334. The molecule has 0 aromatic heterocycles. The molecule has 108 valence electrons. The van der Waals surface area contributed by atoms with Crippen molar-refractivity contribution in [1.82, 2.24) is 4.90 Å². The summed E-state index contributed by atoms with van der Waals surface area (Å²) >= 11 is 0. The molecule has 1 heterocycles. The van der Waals surface area contributed by atoms with Crippen LogP contribution in [0.3, 0.4) is 0 Å². The second-order valence-electron chi connectivity index (χ2n) is 5.79. The second-order valence-corrected chi connectivity index (χ2v) is 5.79. The van der Waals surface area contributed by atoms with Gasteiger partial charge in [-0.15, -0.1) is 0 Å². The Morgan fingerprint density at radius 3 is 2.70 bits per heavy atom. The van der Waals surface area contributed by atoms with Crippen LogP contribution >= 0.6 is 0 Å². The minimum Gasteiger partial charge on any atom is -0.343 e. The van der Waals surface area contributed by atoms with Crippen LogP contribution in [0.4, 0.5) is 5.69 Å². The summed E-state index contributed by atoms with van der Waals surface area (Å²) in [6.07, 6.45) is 0.309. The molecule has 0 spiro atoms. The Hall–Kier alpha value is -1.84. The number of benzene rings is 1. The van der Waals surface area contributed by atoms with Crippen molar-refractivity contribution in [2.45, 2.75) is 33.2 Å². The lowest BCUT2D eigenvalue weighted by molar-refractivity contribution is -0.135. The molecule has 0 radical (unpaired) electrons. The van der Waals surface area contributed by atoms with Gasteiger partial charge in [0.1, 0.15) is 0 Å². The van der Waals surface area contributed by atoms with Gasteiger partial charge in [0.15, 0.2) is 0 Å². The summed E-state index contributed by atoms with van der Waals surface area (Å²) in [6, 6.07) is 8.00. The molecule has 2 amide bonds. The third-order valence-electron chi connectivity index (χ3n) is 3.91. The highest BCUT2D eigenvalue weighted by Gasteiger charge is 2.36. The zero-order chi connectivity index (χ0) is 14.9. The molecule has 0 saturated carbocycles. The first-order chi connectivity index (χ1) is 9.40. The lowest BCUT2D eigenvalue weighted by Crippen LogP contribution is -2.38. The molecule has 1 saturated heterocycles. The van der Waals surface area contributed by atoms with Gasteiger partial charge in [-0.3, -0.25) is 9.59 Å². The largest absolute Gasteiger partial charge is 0.343 e. The van der Waals surface area contributed by atoms with Crippen LogP contribution in [0.2, 0.25) is 0 Å². The van der Waals surface area contributed by atoms with Gasteiger partial charge >= 0.3 is 0 Å². The first-order valence-electron chi connectivity index (χ1n) is 7.04. The van der Waals surface area contributed by atoms with Gasteiger partial charge < -0.3 is 9.80 Å². The van der Waals surface area contributed by atoms with Gasteiger partial charge in [0, 0.05) is 31.7 Å². The summed E-state index contributed by atoms with van der Waals surface area (Å²) in [6.45, 7) is 6.44. The molecular formula is C16H22N2O2. The smallest absolute Gasteiger partial charge is 0.227 e. The van der Waals surface area contributed by atoms with Crippen LogP contribution in [0, 0.1) is 12.8 Å². The molecule has 0 aliphatic carbocycles. The van der Waals surface area contributed by atoms with E-state index in [1.807, 2.05) is 45.0 Å². The van der Waals surface area contributed by atoms with Crippen molar-refractivity contribution < 1.29 is 9.59 Å². The fraction of sp³-hybridized carbons (Fsp3) is 0.500. The molecule has 1 aromatic carbocycles. The number of anilines is 1. The lowest BCUT2D eigenvalue weighted by atomic mass is 10.1. The first kappa shape index (κ1) is 14.6. The topological polar surface area (TPSA) is 40.6 Å². The van der Waals surface area contributed by atoms with E-state index in [2.05, 4.69) is 0 Å². The van der Waals surface area contributed by atoms with Gasteiger partial charge in [-0.05, 0) is 38.5 Å². The summed E-state index contributed by atoms with van der Waals surface area (Å²) in [5.41, 5.74) is 2.00. The normalized spacial score (nSPS) is 18.8. The number of hydrogen-bond donors (Lipinski definition) is 0. The predicted molar refractivity (Wildman–Crippen MR) is 79.5 cm³/mol. The highest BCUT2D eigenvalue weighted by Crippen LogP contribution is 2.27. The van der Waals surface area contributed by atoms with E-state index in [1.54, 1.807) is 16.8 Å². The number of carbonyl (C=O) groups excluding carboxylic acids is 2. The quantitative estimate of drug-likeness (QED) is 0.848. The molecule has 1 aromatic rings. The van der Waals surface area contributed by atoms with E-state index in [-0.39, 0.29) is 23.8 Å². The Labute approximate surface area is 120 Å². The van der Waals surface area contributed by atoms with E-state index in [0.717, 1.165) is 11.3 Å². The second kappa shape index (κ2) is 5.65. The highest BCUT2D eigenvalue weighted by atomic mass is 16.2. The maximum Gasteiger partial charge on any atom is 0.227 e. The number of amides is 2. The van der Waals surface area contributed by atoms with E-state index in [9.17, 15) is 9.59 Å². The van der Waals surface area contributed by atoms with Crippen LogP contribution in [-0.2, 0) is 9.59 Å². The van der Waals surface area contributed by atoms with Gasteiger partial charge in [0.2, 0.25) is 11.8 Å². The fourth-order valence-electron chi connectivity index (χ4n) is 2.46. The molecule has 20 heavy (non-hydrogen) atoms. The average molecular weight is 274 g/mol. The predicted octanol–water partition coefficient (Wildman–Crippen LogP) is 2.21. The SMILES string of the molecule is Cc1cccc(N2CC(C(=O)N(C)C(C)C)CC2=O)c1. The van der Waals surface area contributed by atoms with Crippen molar-refractivity contribution in [3.05, 3.63) is 29.8 Å². The fourth-order valence-corrected chi connectivity index (χ4v) is 2.46. The van der Waals surface area contributed by atoms with E-state index in [0.29, 0.717) is 13.0 Å². The van der Waals surface area contributed by atoms with Crippen LogP contribution in [0.15, 0.2) is 24.3 Å². The van der Waals surface area contributed by atoms with E-state index < -0.39 is 0 Å². The van der Waals surface area contributed by atoms with Crippen LogP contribution in [0.25, 0.3) is 0 Å². The molecule has 4 nitrogen and oxygen atoms in total. The third-order valence-corrected chi connectivity index (χ3v) is 3.91. The summed E-state index contributed by atoms with van der Waals surface area (Å²) in [5.74, 6) is -0.134. The number of aryl methyl sites for hydroxylation is 1. The summed E-state index contributed by atoms with van der Waals surface area (Å²) in [4.78, 5) is 27.9. The number of carbonyl (C=O) groups is 2. The monoisotopic (exact) mass is 274 g/mol. The molecule has 2 rings (SSSR count). The van der Waals surface area contributed by atoms with Crippen LogP contribution in [0.1, 0.15) is 25.8 Å². The Kier molecular flexibility index (Phi) is 4.12. The van der Waals surface area contributed by atoms with Crippen molar-refractivity contribution in [3.8, 4) is 0 Å². The summed E-state index contributed by atoms with van der Waals surface area (Å²) in [7, 11) is 1.80. The maximum atomic E-state index is 12.3. The lowest BCUT2D eigenvalue weighted by Gasteiger charge is -2.24. The molecule has 4 heteroatoms. The Morgan fingerprint density at radius 2 is 2.10 bits per heavy atom. The molecule has 1 atom stereocenters. The van der Waals surface area contributed by atoms with Crippen molar-refractivity contribution in [2.24, 2.45) is 5.92 Å². The van der Waals surface area contributed by atoms with Gasteiger partial charge in [0.25, 0.3) is 0 Å². The van der Waals surface area contributed by atoms with Crippen molar-refractivity contribution in [3.63, 3.8) is 0 Å². The van der Waals surface area contributed by atoms with Crippen LogP contribution in [0.5, 0.6) is 0 Å². The number of rotatable bonds is 3. The minimum atomic E-state index is -0.226. The maximum absolute atomic E-state index is 12.3. The summed E-state index contributed by atoms with van der Waals surface area (Å²) in [5, 5.41) is 0. The van der Waals surface area contributed by atoms with Crippen LogP contribution in [-0.4, -0.2) is 36.3 Å². The van der Waals surface area contributed by atoms with Crippen LogP contribution < -0.4 is 4.90 Å². The zero-order valence-electron chi connectivity index (χ0n) is 12.6. The first-order valence-corrected chi connectivity index (χ1v) is 7.04. The highest BCUT2D eigenvalue weighted by molar-refractivity contribution is 6.00. The molecule has 1 aliphatic heterocycles. The van der Waals surface area contributed by atoms with Gasteiger partial charge in [-0.25, -0.2) is 0 Å². The molecule has 0 bridgehead atoms.